The molecule has 0 N–H and O–H groups in total. The van der Waals surface area contributed by atoms with E-state index < -0.39 is 0 Å². The summed E-state index contributed by atoms with van der Waals surface area (Å²) in [5.41, 5.74) is 1.59. The minimum atomic E-state index is -0.00338. The smallest absolute Gasteiger partial charge is 0.257 e. The van der Waals surface area contributed by atoms with Crippen molar-refractivity contribution in [1.29, 1.82) is 0 Å². The van der Waals surface area contributed by atoms with Gasteiger partial charge in [-0.15, -0.1) is 0 Å². The summed E-state index contributed by atoms with van der Waals surface area (Å²) in [6.07, 6.45) is 9.08. The summed E-state index contributed by atoms with van der Waals surface area (Å²) >= 11 is 0. The standard InChI is InChI=1S/C14H17N5O/c1-10-15-6-12(7-16-10)14(20)19(13-3-4-13)9-11-5-17-18(2)8-11/h5-8,13H,3-4,9H2,1-2H3. The third-order valence-corrected chi connectivity index (χ3v) is 3.39. The molecule has 0 saturated heterocycles. The molecule has 0 atom stereocenters. The monoisotopic (exact) mass is 271 g/mol. The predicted octanol–water partition coefficient (Wildman–Crippen LogP) is 1.32. The molecule has 1 saturated carbocycles. The lowest BCUT2D eigenvalue weighted by molar-refractivity contribution is 0.0729. The fraction of sp³-hybridized carbons (Fsp3) is 0.429. The molecule has 1 amide bonds. The van der Waals surface area contributed by atoms with E-state index in [-0.39, 0.29) is 5.91 Å². The average Bonchev–Trinajstić information content (AvgIpc) is 3.19. The topological polar surface area (TPSA) is 63.9 Å². The van der Waals surface area contributed by atoms with Gasteiger partial charge in [-0.05, 0) is 19.8 Å². The van der Waals surface area contributed by atoms with Crippen LogP contribution in [-0.4, -0.2) is 36.6 Å². The quantitative estimate of drug-likeness (QED) is 0.841. The molecule has 0 radical (unpaired) electrons. The van der Waals surface area contributed by atoms with Crippen LogP contribution in [0.25, 0.3) is 0 Å². The molecule has 0 bridgehead atoms. The highest BCUT2D eigenvalue weighted by molar-refractivity contribution is 5.94. The van der Waals surface area contributed by atoms with Gasteiger partial charge in [-0.3, -0.25) is 9.48 Å². The Kier molecular flexibility index (Phi) is 3.22. The molecule has 3 rings (SSSR count). The van der Waals surface area contributed by atoms with Crippen molar-refractivity contribution in [1.82, 2.24) is 24.6 Å². The lowest BCUT2D eigenvalue weighted by atomic mass is 10.2. The van der Waals surface area contributed by atoms with Crippen molar-refractivity contribution in [2.24, 2.45) is 7.05 Å². The lowest BCUT2D eigenvalue weighted by Gasteiger charge is -2.21. The highest BCUT2D eigenvalue weighted by atomic mass is 16.2. The van der Waals surface area contributed by atoms with Gasteiger partial charge >= 0.3 is 0 Å². The van der Waals surface area contributed by atoms with E-state index in [2.05, 4.69) is 15.1 Å². The van der Waals surface area contributed by atoms with E-state index in [1.54, 1.807) is 23.3 Å². The van der Waals surface area contributed by atoms with Gasteiger partial charge in [-0.1, -0.05) is 0 Å². The van der Waals surface area contributed by atoms with Crippen LogP contribution in [-0.2, 0) is 13.6 Å². The zero-order valence-corrected chi connectivity index (χ0v) is 11.7. The van der Waals surface area contributed by atoms with Gasteiger partial charge in [0.15, 0.2) is 0 Å². The summed E-state index contributed by atoms with van der Waals surface area (Å²) in [4.78, 5) is 22.7. The van der Waals surface area contributed by atoms with Gasteiger partial charge < -0.3 is 4.90 Å². The summed E-state index contributed by atoms with van der Waals surface area (Å²) in [7, 11) is 1.88. The highest BCUT2D eigenvalue weighted by Crippen LogP contribution is 2.29. The maximum Gasteiger partial charge on any atom is 0.257 e. The van der Waals surface area contributed by atoms with Crippen LogP contribution in [0.5, 0.6) is 0 Å². The SMILES string of the molecule is Cc1ncc(C(=O)N(Cc2cnn(C)c2)C2CC2)cn1. The molecule has 2 aromatic heterocycles. The Bertz CT molecular complexity index is 615. The van der Waals surface area contributed by atoms with E-state index >= 15 is 0 Å². The van der Waals surface area contributed by atoms with Gasteiger partial charge in [0.2, 0.25) is 0 Å². The largest absolute Gasteiger partial charge is 0.331 e. The Hall–Kier alpha value is -2.24. The fourth-order valence-corrected chi connectivity index (χ4v) is 2.17. The van der Waals surface area contributed by atoms with Gasteiger partial charge in [0, 0.05) is 43.8 Å². The van der Waals surface area contributed by atoms with E-state index in [0.29, 0.717) is 24.0 Å². The molecule has 0 aromatic carbocycles. The fourth-order valence-electron chi connectivity index (χ4n) is 2.17. The van der Waals surface area contributed by atoms with Crippen LogP contribution in [0, 0.1) is 6.92 Å². The van der Waals surface area contributed by atoms with Gasteiger partial charge in [-0.2, -0.15) is 5.10 Å². The second kappa shape index (κ2) is 5.03. The van der Waals surface area contributed by atoms with Crippen LogP contribution in [0.2, 0.25) is 0 Å². The second-order valence-corrected chi connectivity index (χ2v) is 5.21. The molecule has 0 spiro atoms. The number of amides is 1. The van der Waals surface area contributed by atoms with Crippen molar-refractivity contribution >= 4 is 5.91 Å². The molecule has 104 valence electrons. The van der Waals surface area contributed by atoms with Crippen molar-refractivity contribution < 1.29 is 4.79 Å². The van der Waals surface area contributed by atoms with E-state index in [1.165, 1.54) is 0 Å². The number of carbonyl (C=O) groups is 1. The molecule has 0 unspecified atom stereocenters. The highest BCUT2D eigenvalue weighted by Gasteiger charge is 2.33. The molecule has 1 fully saturated rings. The first-order valence-electron chi connectivity index (χ1n) is 6.70. The van der Waals surface area contributed by atoms with Crippen molar-refractivity contribution in [3.05, 3.63) is 41.7 Å². The molecule has 1 aliphatic carbocycles. The molecule has 2 heterocycles. The van der Waals surface area contributed by atoms with Crippen LogP contribution in [0.1, 0.15) is 34.6 Å². The normalized spacial score (nSPS) is 14.3. The summed E-state index contributed by atoms with van der Waals surface area (Å²) in [5, 5.41) is 4.15. The van der Waals surface area contributed by atoms with Crippen LogP contribution in [0.4, 0.5) is 0 Å². The minimum absolute atomic E-state index is 0.00338. The van der Waals surface area contributed by atoms with Crippen molar-refractivity contribution in [3.63, 3.8) is 0 Å². The number of nitrogens with zero attached hydrogens (tertiary/aromatic N) is 5. The molecule has 6 heteroatoms. The first kappa shape index (κ1) is 12.8. The summed E-state index contributed by atoms with van der Waals surface area (Å²) in [6, 6.07) is 0.337. The zero-order valence-electron chi connectivity index (χ0n) is 11.7. The Morgan fingerprint density at radius 1 is 1.35 bits per heavy atom. The number of aryl methyl sites for hydroxylation is 2. The number of carbonyl (C=O) groups excluding carboxylic acids is 1. The first-order chi connectivity index (χ1) is 9.63. The summed E-state index contributed by atoms with van der Waals surface area (Å²) in [5.74, 6) is 0.670. The van der Waals surface area contributed by atoms with Crippen LogP contribution in [0.3, 0.4) is 0 Å². The Morgan fingerprint density at radius 3 is 2.60 bits per heavy atom. The first-order valence-corrected chi connectivity index (χ1v) is 6.70. The van der Waals surface area contributed by atoms with Crippen molar-refractivity contribution in [2.45, 2.75) is 32.4 Å². The van der Waals surface area contributed by atoms with Gasteiger partial charge in [0.1, 0.15) is 5.82 Å². The van der Waals surface area contributed by atoms with Gasteiger partial charge in [-0.25, -0.2) is 9.97 Å². The number of rotatable bonds is 4. The summed E-state index contributed by atoms with van der Waals surface area (Å²) in [6.45, 7) is 2.40. The molecule has 2 aromatic rings. The van der Waals surface area contributed by atoms with Crippen LogP contribution < -0.4 is 0 Å². The molecular formula is C14H17N5O. The second-order valence-electron chi connectivity index (χ2n) is 5.21. The number of hydrogen-bond donors (Lipinski definition) is 0. The third kappa shape index (κ3) is 2.68. The zero-order chi connectivity index (χ0) is 14.1. The van der Waals surface area contributed by atoms with Crippen molar-refractivity contribution in [3.8, 4) is 0 Å². The molecular weight excluding hydrogens is 254 g/mol. The number of hydrogen-bond acceptors (Lipinski definition) is 4. The van der Waals surface area contributed by atoms with E-state index in [9.17, 15) is 4.79 Å². The molecule has 6 nitrogen and oxygen atoms in total. The van der Waals surface area contributed by atoms with Gasteiger partial charge in [0.25, 0.3) is 5.91 Å². The molecule has 20 heavy (non-hydrogen) atoms. The Morgan fingerprint density at radius 2 is 2.05 bits per heavy atom. The predicted molar refractivity (Wildman–Crippen MR) is 72.9 cm³/mol. The lowest BCUT2D eigenvalue weighted by Crippen LogP contribution is -2.32. The third-order valence-electron chi connectivity index (χ3n) is 3.39. The molecule has 0 aliphatic heterocycles. The molecule has 1 aliphatic rings. The Labute approximate surface area is 117 Å². The van der Waals surface area contributed by atoms with E-state index in [1.807, 2.05) is 25.1 Å². The maximum atomic E-state index is 12.6. The van der Waals surface area contributed by atoms with Crippen molar-refractivity contribution in [2.75, 3.05) is 0 Å². The maximum absolute atomic E-state index is 12.6. The van der Waals surface area contributed by atoms with Gasteiger partial charge in [0.05, 0.1) is 11.8 Å². The average molecular weight is 271 g/mol. The minimum Gasteiger partial charge on any atom is -0.331 e. The van der Waals surface area contributed by atoms with Crippen LogP contribution in [0.15, 0.2) is 24.8 Å². The Balaban J connectivity index is 1.79. The van der Waals surface area contributed by atoms with E-state index in [4.69, 9.17) is 0 Å². The number of aromatic nitrogens is 4. The summed E-state index contributed by atoms with van der Waals surface area (Å²) < 4.78 is 1.75. The van der Waals surface area contributed by atoms with E-state index in [0.717, 1.165) is 18.4 Å². The van der Waals surface area contributed by atoms with Crippen LogP contribution >= 0.6 is 0 Å².